The third-order valence-corrected chi connectivity index (χ3v) is 6.39. The Labute approximate surface area is 160 Å². The number of amides is 1. The molecule has 3 rings (SSSR count). The van der Waals surface area contributed by atoms with E-state index < -0.39 is 6.04 Å². The summed E-state index contributed by atoms with van der Waals surface area (Å²) in [4.78, 5) is 27.6. The number of hydrogen-bond donors (Lipinski definition) is 0. The quantitative estimate of drug-likeness (QED) is 0.674. The fourth-order valence-electron chi connectivity index (χ4n) is 3.65. The van der Waals surface area contributed by atoms with E-state index in [1.54, 1.807) is 11.8 Å². The summed E-state index contributed by atoms with van der Waals surface area (Å²) in [7, 11) is 0. The summed E-state index contributed by atoms with van der Waals surface area (Å²) in [5.74, 6) is 1.32. The Kier molecular flexibility index (Phi) is 6.28. The predicted octanol–water partition coefficient (Wildman–Crippen LogP) is 4.06. The van der Waals surface area contributed by atoms with E-state index in [4.69, 9.17) is 4.74 Å². The van der Waals surface area contributed by atoms with Gasteiger partial charge in [-0.25, -0.2) is 4.79 Å². The normalized spacial score (nSPS) is 27.6. The fourth-order valence-corrected chi connectivity index (χ4v) is 5.29. The van der Waals surface area contributed by atoms with Gasteiger partial charge in [-0.3, -0.25) is 4.79 Å². The van der Waals surface area contributed by atoms with Crippen LogP contribution in [0, 0.1) is 11.8 Å². The fraction of sp³-hybridized carbons (Fsp3) is 0.619. The van der Waals surface area contributed by atoms with Crippen LogP contribution in [0.15, 0.2) is 30.3 Å². The first-order valence-corrected chi connectivity index (χ1v) is 10.7. The van der Waals surface area contributed by atoms with Crippen molar-refractivity contribution in [3.8, 4) is 0 Å². The largest absolute Gasteiger partial charge is 0.464 e. The van der Waals surface area contributed by atoms with Gasteiger partial charge in [0.2, 0.25) is 5.91 Å². The Balaban J connectivity index is 1.73. The molecule has 0 aromatic heterocycles. The van der Waals surface area contributed by atoms with Crippen molar-refractivity contribution >= 4 is 23.6 Å². The number of carbonyl (C=O) groups is 2. The van der Waals surface area contributed by atoms with Crippen LogP contribution < -0.4 is 0 Å². The zero-order chi connectivity index (χ0) is 18.7. The van der Waals surface area contributed by atoms with Gasteiger partial charge in [-0.2, -0.15) is 0 Å². The van der Waals surface area contributed by atoms with E-state index in [1.165, 1.54) is 5.56 Å². The van der Waals surface area contributed by atoms with Crippen molar-refractivity contribution < 1.29 is 14.3 Å². The van der Waals surface area contributed by atoms with E-state index in [1.807, 2.05) is 30.0 Å². The van der Waals surface area contributed by atoms with Gasteiger partial charge in [0.05, 0.1) is 12.0 Å². The third kappa shape index (κ3) is 4.25. The summed E-state index contributed by atoms with van der Waals surface area (Å²) in [5.41, 5.74) is 1.23. The molecular weight excluding hydrogens is 346 g/mol. The molecule has 2 fully saturated rings. The van der Waals surface area contributed by atoms with Crippen molar-refractivity contribution in [3.63, 3.8) is 0 Å². The second-order valence-electron chi connectivity index (χ2n) is 7.71. The summed E-state index contributed by atoms with van der Waals surface area (Å²) in [6.07, 6.45) is 2.60. The Morgan fingerprint density at radius 1 is 1.27 bits per heavy atom. The molecule has 0 spiro atoms. The summed E-state index contributed by atoms with van der Waals surface area (Å²) >= 11 is 1.72. The molecule has 142 valence electrons. The van der Waals surface area contributed by atoms with Crippen molar-refractivity contribution in [1.82, 2.24) is 4.90 Å². The van der Waals surface area contributed by atoms with Crippen LogP contribution in [0.3, 0.4) is 0 Å². The first-order valence-electron chi connectivity index (χ1n) is 9.68. The Morgan fingerprint density at radius 3 is 2.65 bits per heavy atom. The van der Waals surface area contributed by atoms with Crippen LogP contribution in [0.4, 0.5) is 0 Å². The van der Waals surface area contributed by atoms with E-state index in [9.17, 15) is 9.59 Å². The van der Waals surface area contributed by atoms with Gasteiger partial charge in [0.25, 0.3) is 0 Å². The summed E-state index contributed by atoms with van der Waals surface area (Å²) in [5, 5.41) is 0.0821. The molecule has 0 radical (unpaired) electrons. The van der Waals surface area contributed by atoms with Crippen LogP contribution in [0.1, 0.15) is 51.5 Å². The number of esters is 1. The summed E-state index contributed by atoms with van der Waals surface area (Å²) in [6, 6.07) is 9.80. The molecule has 5 heteroatoms. The van der Waals surface area contributed by atoms with Crippen LogP contribution in [-0.4, -0.2) is 40.6 Å². The maximum absolute atomic E-state index is 13.3. The second-order valence-corrected chi connectivity index (χ2v) is 8.92. The smallest absolute Gasteiger partial charge is 0.329 e. The monoisotopic (exact) mass is 375 g/mol. The van der Waals surface area contributed by atoms with Crippen LogP contribution in [0.25, 0.3) is 0 Å². The van der Waals surface area contributed by atoms with Gasteiger partial charge in [-0.15, -0.1) is 11.8 Å². The van der Waals surface area contributed by atoms with Gasteiger partial charge in [0, 0.05) is 11.7 Å². The van der Waals surface area contributed by atoms with Gasteiger partial charge >= 0.3 is 5.97 Å². The molecular formula is C21H29NO3S. The molecule has 1 aliphatic carbocycles. The molecule has 1 aromatic rings. The first kappa shape index (κ1) is 19.3. The number of hydrogen-bond acceptors (Lipinski definition) is 4. The minimum absolute atomic E-state index is 0.00670. The molecule has 1 saturated carbocycles. The third-order valence-electron chi connectivity index (χ3n) is 5.08. The SMILES string of the molecule is CCCOC(=O)[C@@H]1CS[C@@H](CC(C)C)N1C(=O)[C@@H]1C[C@H]1c1ccccc1. The van der Waals surface area contributed by atoms with Gasteiger partial charge in [-0.05, 0) is 36.7 Å². The lowest BCUT2D eigenvalue weighted by Crippen LogP contribution is -2.47. The zero-order valence-corrected chi connectivity index (χ0v) is 16.7. The molecule has 2 aliphatic rings. The lowest BCUT2D eigenvalue weighted by atomic mass is 10.1. The van der Waals surface area contributed by atoms with Crippen molar-refractivity contribution in [3.05, 3.63) is 35.9 Å². The number of rotatable bonds is 7. The van der Waals surface area contributed by atoms with Crippen molar-refractivity contribution in [2.75, 3.05) is 12.4 Å². The van der Waals surface area contributed by atoms with Crippen molar-refractivity contribution in [2.24, 2.45) is 11.8 Å². The second kappa shape index (κ2) is 8.47. The molecule has 1 heterocycles. The van der Waals surface area contributed by atoms with E-state index in [2.05, 4.69) is 26.0 Å². The van der Waals surface area contributed by atoms with E-state index in [-0.39, 0.29) is 23.2 Å². The minimum Gasteiger partial charge on any atom is -0.464 e. The number of benzene rings is 1. The lowest BCUT2D eigenvalue weighted by Gasteiger charge is -2.29. The van der Waals surface area contributed by atoms with Gasteiger partial charge in [0.15, 0.2) is 0 Å². The van der Waals surface area contributed by atoms with E-state index in [0.29, 0.717) is 24.2 Å². The Hall–Kier alpha value is -1.49. The molecule has 1 aromatic carbocycles. The molecule has 1 aliphatic heterocycles. The van der Waals surface area contributed by atoms with E-state index >= 15 is 0 Å². The number of carbonyl (C=O) groups excluding carboxylic acids is 2. The zero-order valence-electron chi connectivity index (χ0n) is 15.9. The number of thioether (sulfide) groups is 1. The maximum Gasteiger partial charge on any atom is 0.329 e. The average Bonchev–Trinajstić information content (AvgIpc) is 3.33. The molecule has 0 unspecified atom stereocenters. The standard InChI is InChI=1S/C21H29NO3S/c1-4-10-25-21(24)18-13-26-19(11-14(2)3)22(18)20(23)17-12-16(17)15-8-6-5-7-9-15/h5-9,14,16-19H,4,10-13H2,1-3H3/t16-,17+,18-,19-/m0/s1. The highest BCUT2D eigenvalue weighted by molar-refractivity contribution is 8.00. The highest BCUT2D eigenvalue weighted by Gasteiger charge is 2.51. The number of nitrogens with zero attached hydrogens (tertiary/aromatic N) is 1. The van der Waals surface area contributed by atoms with Crippen molar-refractivity contribution in [2.45, 2.75) is 57.4 Å². The summed E-state index contributed by atoms with van der Waals surface area (Å²) < 4.78 is 5.37. The van der Waals surface area contributed by atoms with E-state index in [0.717, 1.165) is 19.3 Å². The van der Waals surface area contributed by atoms with Crippen LogP contribution in [0.5, 0.6) is 0 Å². The molecule has 4 nitrogen and oxygen atoms in total. The molecule has 0 N–H and O–H groups in total. The Bertz CT molecular complexity index is 633. The average molecular weight is 376 g/mol. The first-order chi connectivity index (χ1) is 12.5. The van der Waals surface area contributed by atoms with Crippen LogP contribution in [-0.2, 0) is 14.3 Å². The minimum atomic E-state index is -0.431. The van der Waals surface area contributed by atoms with Gasteiger partial charge < -0.3 is 9.64 Å². The number of ether oxygens (including phenoxy) is 1. The molecule has 1 amide bonds. The summed E-state index contributed by atoms with van der Waals surface area (Å²) in [6.45, 7) is 6.73. The molecule has 4 atom stereocenters. The topological polar surface area (TPSA) is 46.6 Å². The highest BCUT2D eigenvalue weighted by Crippen LogP contribution is 2.50. The molecule has 26 heavy (non-hydrogen) atoms. The lowest BCUT2D eigenvalue weighted by molar-refractivity contribution is -0.154. The van der Waals surface area contributed by atoms with Gasteiger partial charge in [-0.1, -0.05) is 51.1 Å². The van der Waals surface area contributed by atoms with Crippen molar-refractivity contribution in [1.29, 1.82) is 0 Å². The molecule has 0 bridgehead atoms. The predicted molar refractivity (Wildman–Crippen MR) is 105 cm³/mol. The highest BCUT2D eigenvalue weighted by atomic mass is 32.2. The van der Waals surface area contributed by atoms with Gasteiger partial charge in [0.1, 0.15) is 6.04 Å². The maximum atomic E-state index is 13.3. The van der Waals surface area contributed by atoms with Crippen LogP contribution >= 0.6 is 11.8 Å². The van der Waals surface area contributed by atoms with Crippen LogP contribution in [0.2, 0.25) is 0 Å². The molecule has 1 saturated heterocycles. The Morgan fingerprint density at radius 2 is 2.00 bits per heavy atom.